The Bertz CT molecular complexity index is 954. The zero-order chi connectivity index (χ0) is 21.5. The number of carbonyl (C=O) groups is 1. The zero-order valence-electron chi connectivity index (χ0n) is 17.6. The predicted molar refractivity (Wildman–Crippen MR) is 118 cm³/mol. The number of hydrogen-bond donors (Lipinski definition) is 3. The first-order valence-electron chi connectivity index (χ1n) is 10.1. The lowest BCUT2D eigenvalue weighted by molar-refractivity contribution is -0.125. The van der Waals surface area contributed by atoms with Crippen molar-refractivity contribution < 1.29 is 9.53 Å². The van der Waals surface area contributed by atoms with E-state index in [0.29, 0.717) is 37.2 Å². The molecule has 8 nitrogen and oxygen atoms in total. The number of methoxy groups -OCH3 is 1. The van der Waals surface area contributed by atoms with E-state index in [0.717, 1.165) is 17.5 Å². The van der Waals surface area contributed by atoms with Gasteiger partial charge in [0.2, 0.25) is 11.8 Å². The predicted octanol–water partition coefficient (Wildman–Crippen LogP) is 2.01. The summed E-state index contributed by atoms with van der Waals surface area (Å²) in [6.45, 7) is 6.02. The summed E-state index contributed by atoms with van der Waals surface area (Å²) >= 11 is 0. The van der Waals surface area contributed by atoms with Gasteiger partial charge in [-0.15, -0.1) is 0 Å². The molecule has 1 unspecified atom stereocenters. The number of anilines is 1. The number of likely N-dealkylation sites (tertiary alicyclic amines) is 1. The fraction of sp³-hybridized carbons (Fsp3) is 0.409. The van der Waals surface area contributed by atoms with Crippen LogP contribution in [-0.4, -0.2) is 59.6 Å². The summed E-state index contributed by atoms with van der Waals surface area (Å²) in [5.41, 5.74) is 2.04. The highest BCUT2D eigenvalue weighted by atomic mass is 16.5. The molecule has 160 valence electrons. The lowest BCUT2D eigenvalue weighted by Crippen LogP contribution is -2.31. The van der Waals surface area contributed by atoms with Crippen LogP contribution >= 0.6 is 0 Å². The number of pyridine rings is 2. The van der Waals surface area contributed by atoms with E-state index >= 15 is 0 Å². The number of aromatic amines is 1. The normalized spacial score (nSPS) is 16.4. The Morgan fingerprint density at radius 2 is 2.23 bits per heavy atom. The number of H-pyrrole nitrogens is 1. The topological polar surface area (TPSA) is 99.4 Å². The second-order valence-electron chi connectivity index (χ2n) is 7.60. The molecule has 1 amide bonds. The van der Waals surface area contributed by atoms with Crippen molar-refractivity contribution >= 4 is 11.6 Å². The molecule has 2 aromatic rings. The molecule has 1 saturated heterocycles. The van der Waals surface area contributed by atoms with Gasteiger partial charge in [0.1, 0.15) is 5.69 Å². The monoisotopic (exact) mass is 411 g/mol. The maximum Gasteiger partial charge on any atom is 0.271 e. The Labute approximate surface area is 176 Å². The molecule has 8 heteroatoms. The van der Waals surface area contributed by atoms with Gasteiger partial charge in [0.25, 0.3) is 5.56 Å². The minimum atomic E-state index is -0.191. The number of ether oxygens (including phenoxy) is 1. The van der Waals surface area contributed by atoms with Crippen LogP contribution in [0.15, 0.2) is 47.5 Å². The standard InChI is InChI=1S/C22H29N5O3/c1-15(2)23-8-4-5-21(28)27-10-7-18(14-27)26-19-11-17(13-25-22(19)29)16-6-9-24-20(12-16)30-3/h4-6,9,11-13,15,18,23,26H,7-8,10,14H2,1-3H3,(H,25,29). The van der Waals surface area contributed by atoms with E-state index in [9.17, 15) is 9.59 Å². The number of hydrogen-bond acceptors (Lipinski definition) is 6. The first-order chi connectivity index (χ1) is 14.5. The van der Waals surface area contributed by atoms with Gasteiger partial charge in [0.15, 0.2) is 0 Å². The van der Waals surface area contributed by atoms with Crippen molar-refractivity contribution in [1.82, 2.24) is 20.2 Å². The van der Waals surface area contributed by atoms with Gasteiger partial charge in [0, 0.05) is 61.8 Å². The Kier molecular flexibility index (Phi) is 7.24. The summed E-state index contributed by atoms with van der Waals surface area (Å²) in [6, 6.07) is 5.89. The first kappa shape index (κ1) is 21.6. The summed E-state index contributed by atoms with van der Waals surface area (Å²) in [6.07, 6.45) is 7.58. The molecule has 3 N–H and O–H groups in total. The van der Waals surface area contributed by atoms with E-state index in [1.807, 2.05) is 24.3 Å². The molecule has 0 radical (unpaired) electrons. The van der Waals surface area contributed by atoms with Gasteiger partial charge in [-0.25, -0.2) is 4.98 Å². The van der Waals surface area contributed by atoms with Gasteiger partial charge in [0.05, 0.1) is 7.11 Å². The Morgan fingerprint density at radius 1 is 1.40 bits per heavy atom. The van der Waals surface area contributed by atoms with Gasteiger partial charge >= 0.3 is 0 Å². The highest BCUT2D eigenvalue weighted by molar-refractivity contribution is 5.87. The average molecular weight is 412 g/mol. The van der Waals surface area contributed by atoms with Crippen molar-refractivity contribution in [1.29, 1.82) is 0 Å². The van der Waals surface area contributed by atoms with Crippen LogP contribution in [0.2, 0.25) is 0 Å². The first-order valence-corrected chi connectivity index (χ1v) is 10.1. The molecule has 0 spiro atoms. The summed E-state index contributed by atoms with van der Waals surface area (Å²) in [4.78, 5) is 33.3. The molecular weight excluding hydrogens is 382 g/mol. The third-order valence-electron chi connectivity index (χ3n) is 4.94. The molecule has 3 rings (SSSR count). The smallest absolute Gasteiger partial charge is 0.271 e. The van der Waals surface area contributed by atoms with Crippen molar-refractivity contribution in [3.8, 4) is 17.0 Å². The molecule has 2 aromatic heterocycles. The van der Waals surface area contributed by atoms with E-state index in [1.54, 1.807) is 30.5 Å². The number of carbonyl (C=O) groups excluding carboxylic acids is 1. The van der Waals surface area contributed by atoms with Crippen molar-refractivity contribution in [2.24, 2.45) is 0 Å². The van der Waals surface area contributed by atoms with Crippen LogP contribution in [0.3, 0.4) is 0 Å². The largest absolute Gasteiger partial charge is 0.481 e. The van der Waals surface area contributed by atoms with Crippen molar-refractivity contribution in [2.75, 3.05) is 32.1 Å². The van der Waals surface area contributed by atoms with E-state index in [2.05, 4.69) is 34.4 Å². The van der Waals surface area contributed by atoms with E-state index in [1.165, 1.54) is 0 Å². The second kappa shape index (κ2) is 10.1. The van der Waals surface area contributed by atoms with Crippen LogP contribution in [0.1, 0.15) is 20.3 Å². The maximum atomic E-state index is 12.4. The molecule has 1 fully saturated rings. The molecule has 0 bridgehead atoms. The van der Waals surface area contributed by atoms with Gasteiger partial charge in [-0.2, -0.15) is 0 Å². The third-order valence-corrected chi connectivity index (χ3v) is 4.94. The maximum absolute atomic E-state index is 12.4. The van der Waals surface area contributed by atoms with Gasteiger partial charge in [-0.3, -0.25) is 9.59 Å². The lowest BCUT2D eigenvalue weighted by atomic mass is 10.1. The molecule has 1 aliphatic heterocycles. The summed E-state index contributed by atoms with van der Waals surface area (Å²) in [5.74, 6) is 0.506. The Morgan fingerprint density at radius 3 is 3.00 bits per heavy atom. The van der Waals surface area contributed by atoms with Crippen molar-refractivity contribution in [3.63, 3.8) is 0 Å². The van der Waals surface area contributed by atoms with Crippen LogP contribution in [0.5, 0.6) is 5.88 Å². The van der Waals surface area contributed by atoms with Crippen LogP contribution < -0.4 is 20.9 Å². The number of nitrogens with zero attached hydrogens (tertiary/aromatic N) is 2. The van der Waals surface area contributed by atoms with Crippen LogP contribution in [0.25, 0.3) is 11.1 Å². The summed E-state index contributed by atoms with van der Waals surface area (Å²) in [7, 11) is 1.56. The molecule has 30 heavy (non-hydrogen) atoms. The molecule has 1 aliphatic rings. The molecule has 0 aliphatic carbocycles. The molecule has 0 saturated carbocycles. The van der Waals surface area contributed by atoms with E-state index < -0.39 is 0 Å². The minimum absolute atomic E-state index is 0.00334. The zero-order valence-corrected chi connectivity index (χ0v) is 17.6. The molecule has 1 atom stereocenters. The average Bonchev–Trinajstić information content (AvgIpc) is 3.21. The third kappa shape index (κ3) is 5.70. The molecule has 3 heterocycles. The van der Waals surface area contributed by atoms with Gasteiger partial charge < -0.3 is 25.3 Å². The summed E-state index contributed by atoms with van der Waals surface area (Å²) < 4.78 is 5.17. The molecule has 0 aromatic carbocycles. The SMILES string of the molecule is COc1cc(-c2c[nH]c(=O)c(NC3CCN(C(=O)C=CCNC(C)C)C3)c2)ccn1. The highest BCUT2D eigenvalue weighted by Gasteiger charge is 2.25. The highest BCUT2D eigenvalue weighted by Crippen LogP contribution is 2.23. The molecular formula is C22H29N5O3. The van der Waals surface area contributed by atoms with E-state index in [4.69, 9.17) is 4.74 Å². The van der Waals surface area contributed by atoms with Crippen molar-refractivity contribution in [3.05, 3.63) is 53.1 Å². The quantitative estimate of drug-likeness (QED) is 0.575. The number of aromatic nitrogens is 2. The lowest BCUT2D eigenvalue weighted by Gasteiger charge is -2.16. The second-order valence-corrected chi connectivity index (χ2v) is 7.60. The Hall–Kier alpha value is -3.13. The van der Waals surface area contributed by atoms with Crippen molar-refractivity contribution in [2.45, 2.75) is 32.4 Å². The van der Waals surface area contributed by atoms with Crippen LogP contribution in [0, 0.1) is 0 Å². The minimum Gasteiger partial charge on any atom is -0.481 e. The number of nitrogens with one attached hydrogen (secondary N) is 3. The van der Waals surface area contributed by atoms with Gasteiger partial charge in [-0.1, -0.05) is 19.9 Å². The Balaban J connectivity index is 1.63. The van der Waals surface area contributed by atoms with Crippen LogP contribution in [-0.2, 0) is 4.79 Å². The van der Waals surface area contributed by atoms with Crippen LogP contribution in [0.4, 0.5) is 5.69 Å². The summed E-state index contributed by atoms with van der Waals surface area (Å²) in [5, 5.41) is 6.54. The van der Waals surface area contributed by atoms with E-state index in [-0.39, 0.29) is 17.5 Å². The fourth-order valence-electron chi connectivity index (χ4n) is 3.33. The number of amides is 1. The fourth-order valence-corrected chi connectivity index (χ4v) is 3.33. The van der Waals surface area contributed by atoms with Gasteiger partial charge in [-0.05, 0) is 24.1 Å². The number of rotatable bonds is 8.